The normalized spacial score (nSPS) is 10.5. The minimum absolute atomic E-state index is 0.671. The van der Waals surface area contributed by atoms with Gasteiger partial charge in [-0.05, 0) is 10.4 Å². The summed E-state index contributed by atoms with van der Waals surface area (Å²) in [5.74, 6) is 1.71. The Labute approximate surface area is 87.1 Å². The van der Waals surface area contributed by atoms with Crippen LogP contribution in [0.2, 0.25) is 0 Å². The average Bonchev–Trinajstić information content (AvgIpc) is 2.78. The molecule has 7 nitrogen and oxygen atoms in total. The summed E-state index contributed by atoms with van der Waals surface area (Å²) in [7, 11) is 3.77. The van der Waals surface area contributed by atoms with E-state index in [1.54, 1.807) is 17.9 Å². The van der Waals surface area contributed by atoms with Gasteiger partial charge in [0, 0.05) is 39.5 Å². The topological polar surface area (TPSA) is 73.5 Å². The third kappa shape index (κ3) is 2.12. The molecule has 0 amide bonds. The van der Waals surface area contributed by atoms with Crippen molar-refractivity contribution in [2.75, 3.05) is 11.9 Å². The Morgan fingerprint density at radius 1 is 1.40 bits per heavy atom. The van der Waals surface area contributed by atoms with Crippen molar-refractivity contribution in [3.05, 3.63) is 18.2 Å². The standard InChI is InChI=1S/C8H13N7/c1-14-6-5-9-7(14)3-4-10-8-11-12-13-15(8)2/h5-6H,3-4H2,1-2H3,(H,10,11,13). The second-order valence-electron chi connectivity index (χ2n) is 3.26. The molecule has 7 heteroatoms. The lowest BCUT2D eigenvalue weighted by Gasteiger charge is -2.03. The highest BCUT2D eigenvalue weighted by molar-refractivity contribution is 5.20. The van der Waals surface area contributed by atoms with Crippen LogP contribution in [0.5, 0.6) is 0 Å². The monoisotopic (exact) mass is 207 g/mol. The summed E-state index contributed by atoms with van der Waals surface area (Å²) in [6.45, 7) is 0.763. The van der Waals surface area contributed by atoms with Crippen molar-refractivity contribution in [3.63, 3.8) is 0 Å². The number of aryl methyl sites for hydroxylation is 2. The molecule has 2 heterocycles. The fourth-order valence-electron chi connectivity index (χ4n) is 1.30. The van der Waals surface area contributed by atoms with E-state index in [9.17, 15) is 0 Å². The number of hydrogen-bond acceptors (Lipinski definition) is 5. The molecule has 0 aliphatic rings. The number of aromatic nitrogens is 6. The molecule has 0 radical (unpaired) electrons. The lowest BCUT2D eigenvalue weighted by molar-refractivity contribution is 0.710. The largest absolute Gasteiger partial charge is 0.353 e. The zero-order valence-electron chi connectivity index (χ0n) is 8.75. The molecule has 2 rings (SSSR count). The van der Waals surface area contributed by atoms with Gasteiger partial charge in [-0.15, -0.1) is 0 Å². The Kier molecular flexibility index (Phi) is 2.61. The molecule has 15 heavy (non-hydrogen) atoms. The van der Waals surface area contributed by atoms with Crippen LogP contribution in [0.1, 0.15) is 5.82 Å². The zero-order chi connectivity index (χ0) is 10.7. The van der Waals surface area contributed by atoms with E-state index in [1.807, 2.05) is 17.8 Å². The molecular weight excluding hydrogens is 194 g/mol. The van der Waals surface area contributed by atoms with Crippen LogP contribution < -0.4 is 5.32 Å². The highest BCUT2D eigenvalue weighted by Crippen LogP contribution is 1.98. The van der Waals surface area contributed by atoms with Crippen LogP contribution >= 0.6 is 0 Å². The number of nitrogens with zero attached hydrogens (tertiary/aromatic N) is 6. The third-order valence-electron chi connectivity index (χ3n) is 2.17. The first-order valence-electron chi connectivity index (χ1n) is 4.70. The van der Waals surface area contributed by atoms with E-state index in [1.165, 1.54) is 0 Å². The molecular formula is C8H13N7. The summed E-state index contributed by atoms with van der Waals surface area (Å²) < 4.78 is 3.59. The first-order chi connectivity index (χ1) is 7.27. The minimum Gasteiger partial charge on any atom is -0.353 e. The van der Waals surface area contributed by atoms with Gasteiger partial charge in [0.2, 0.25) is 5.95 Å². The van der Waals surface area contributed by atoms with Crippen LogP contribution in [0.4, 0.5) is 5.95 Å². The van der Waals surface area contributed by atoms with Crippen molar-refractivity contribution in [2.45, 2.75) is 6.42 Å². The van der Waals surface area contributed by atoms with E-state index >= 15 is 0 Å². The summed E-state index contributed by atoms with van der Waals surface area (Å²) in [5.41, 5.74) is 0. The quantitative estimate of drug-likeness (QED) is 0.738. The van der Waals surface area contributed by atoms with Crippen LogP contribution in [0.15, 0.2) is 12.4 Å². The van der Waals surface area contributed by atoms with Crippen LogP contribution in [-0.4, -0.2) is 36.3 Å². The summed E-state index contributed by atoms with van der Waals surface area (Å²) in [6, 6.07) is 0. The lowest BCUT2D eigenvalue weighted by atomic mass is 10.4. The van der Waals surface area contributed by atoms with Gasteiger partial charge in [-0.2, -0.15) is 0 Å². The molecule has 0 aromatic carbocycles. The smallest absolute Gasteiger partial charge is 0.242 e. The number of tetrazole rings is 1. The van der Waals surface area contributed by atoms with Crippen LogP contribution in [0, 0.1) is 0 Å². The zero-order valence-corrected chi connectivity index (χ0v) is 8.75. The molecule has 0 saturated heterocycles. The molecule has 0 bridgehead atoms. The maximum absolute atomic E-state index is 4.22. The van der Waals surface area contributed by atoms with Gasteiger partial charge >= 0.3 is 0 Å². The van der Waals surface area contributed by atoms with Crippen LogP contribution in [-0.2, 0) is 20.5 Å². The summed E-state index contributed by atoms with van der Waals surface area (Å²) >= 11 is 0. The Balaban J connectivity index is 1.86. The fraction of sp³-hybridized carbons (Fsp3) is 0.500. The van der Waals surface area contributed by atoms with Gasteiger partial charge in [0.05, 0.1) is 0 Å². The van der Waals surface area contributed by atoms with Gasteiger partial charge in [0.15, 0.2) is 0 Å². The van der Waals surface area contributed by atoms with E-state index in [-0.39, 0.29) is 0 Å². The second kappa shape index (κ2) is 4.07. The maximum Gasteiger partial charge on any atom is 0.242 e. The van der Waals surface area contributed by atoms with Crippen molar-refractivity contribution in [1.29, 1.82) is 0 Å². The van der Waals surface area contributed by atoms with E-state index in [2.05, 4.69) is 25.8 Å². The van der Waals surface area contributed by atoms with E-state index < -0.39 is 0 Å². The van der Waals surface area contributed by atoms with Gasteiger partial charge in [-0.3, -0.25) is 0 Å². The van der Waals surface area contributed by atoms with Gasteiger partial charge in [-0.1, -0.05) is 5.10 Å². The average molecular weight is 207 g/mol. The molecule has 2 aromatic heterocycles. The molecule has 0 saturated carbocycles. The Bertz CT molecular complexity index is 389. The van der Waals surface area contributed by atoms with E-state index in [0.717, 1.165) is 18.8 Å². The van der Waals surface area contributed by atoms with E-state index in [0.29, 0.717) is 5.95 Å². The predicted octanol–water partition coefficient (Wildman–Crippen LogP) is -0.402. The number of imidazole rings is 1. The predicted molar refractivity (Wildman–Crippen MR) is 54.2 cm³/mol. The molecule has 2 aromatic rings. The molecule has 0 unspecified atom stereocenters. The van der Waals surface area contributed by atoms with Gasteiger partial charge in [0.25, 0.3) is 0 Å². The number of hydrogen-bond donors (Lipinski definition) is 1. The number of rotatable bonds is 4. The fourth-order valence-corrected chi connectivity index (χ4v) is 1.30. The Morgan fingerprint density at radius 2 is 2.27 bits per heavy atom. The van der Waals surface area contributed by atoms with Gasteiger partial charge in [-0.25, -0.2) is 9.67 Å². The summed E-state index contributed by atoms with van der Waals surface area (Å²) in [4.78, 5) is 4.22. The first kappa shape index (κ1) is 9.63. The Morgan fingerprint density at radius 3 is 2.87 bits per heavy atom. The van der Waals surface area contributed by atoms with Crippen molar-refractivity contribution in [2.24, 2.45) is 14.1 Å². The summed E-state index contributed by atoms with van der Waals surface area (Å²) in [5, 5.41) is 14.2. The molecule has 0 aliphatic carbocycles. The Hall–Kier alpha value is -1.92. The highest BCUT2D eigenvalue weighted by Gasteiger charge is 2.02. The molecule has 0 atom stereocenters. The molecule has 80 valence electrons. The van der Waals surface area contributed by atoms with Crippen molar-refractivity contribution < 1.29 is 0 Å². The third-order valence-corrected chi connectivity index (χ3v) is 2.17. The summed E-state index contributed by atoms with van der Waals surface area (Å²) in [6.07, 6.45) is 4.56. The highest BCUT2D eigenvalue weighted by atomic mass is 15.6. The number of anilines is 1. The van der Waals surface area contributed by atoms with E-state index in [4.69, 9.17) is 0 Å². The molecule has 0 fully saturated rings. The maximum atomic E-state index is 4.22. The molecule has 0 spiro atoms. The minimum atomic E-state index is 0.671. The van der Waals surface area contributed by atoms with Crippen LogP contribution in [0.25, 0.3) is 0 Å². The van der Waals surface area contributed by atoms with Crippen LogP contribution in [0.3, 0.4) is 0 Å². The SMILES string of the molecule is Cn1ccnc1CCNc1nnnn1C. The van der Waals surface area contributed by atoms with Crippen molar-refractivity contribution >= 4 is 5.95 Å². The first-order valence-corrected chi connectivity index (χ1v) is 4.70. The molecule has 1 N–H and O–H groups in total. The lowest BCUT2D eigenvalue weighted by Crippen LogP contribution is -2.11. The second-order valence-corrected chi connectivity index (χ2v) is 3.26. The number of nitrogens with one attached hydrogen (secondary N) is 1. The molecule has 0 aliphatic heterocycles. The van der Waals surface area contributed by atoms with Gasteiger partial charge < -0.3 is 9.88 Å². The van der Waals surface area contributed by atoms with Crippen molar-refractivity contribution in [3.8, 4) is 0 Å². The van der Waals surface area contributed by atoms with Crippen molar-refractivity contribution in [1.82, 2.24) is 29.8 Å². The van der Waals surface area contributed by atoms with Gasteiger partial charge in [0.1, 0.15) is 5.82 Å².